The number of hydrogen-bond acceptors (Lipinski definition) is 1. The molecular formula is C13H11BrClFS. The Morgan fingerprint density at radius 1 is 1.35 bits per heavy atom. The van der Waals surface area contributed by atoms with Gasteiger partial charge in [-0.2, -0.15) is 0 Å². The van der Waals surface area contributed by atoms with Crippen LogP contribution < -0.4 is 0 Å². The van der Waals surface area contributed by atoms with Crippen molar-refractivity contribution in [3.8, 4) is 0 Å². The molecule has 0 N–H and O–H groups in total. The second kappa shape index (κ2) is 5.51. The lowest BCUT2D eigenvalue weighted by molar-refractivity contribution is 0.626. The number of alkyl halides is 1. The lowest BCUT2D eigenvalue weighted by atomic mass is 10.1. The van der Waals surface area contributed by atoms with Crippen LogP contribution in [0.3, 0.4) is 0 Å². The molecule has 0 aliphatic carbocycles. The molecule has 0 aliphatic rings. The lowest BCUT2D eigenvalue weighted by Crippen LogP contribution is -1.91. The fraction of sp³-hybridized carbons (Fsp3) is 0.231. The van der Waals surface area contributed by atoms with Crippen molar-refractivity contribution in [3.05, 3.63) is 56.5 Å². The summed E-state index contributed by atoms with van der Waals surface area (Å²) in [5, 5.41) is 0.161. The maximum Gasteiger partial charge on any atom is 0.142 e. The standard InChI is InChI=1S/C13H11BrClFS/c1-2-9-4-6-12(17-9)13(14)8-3-5-10(15)11(16)7-8/h3-7,13H,2H2,1H3. The second-order valence-corrected chi connectivity index (χ2v) is 6.22. The van der Waals surface area contributed by atoms with E-state index in [1.165, 1.54) is 15.8 Å². The van der Waals surface area contributed by atoms with Gasteiger partial charge in [0.1, 0.15) is 5.82 Å². The van der Waals surface area contributed by atoms with Crippen LogP contribution in [0, 0.1) is 5.82 Å². The van der Waals surface area contributed by atoms with Gasteiger partial charge >= 0.3 is 0 Å². The van der Waals surface area contributed by atoms with E-state index in [-0.39, 0.29) is 15.7 Å². The van der Waals surface area contributed by atoms with Crippen LogP contribution >= 0.6 is 38.9 Å². The first-order valence-electron chi connectivity index (χ1n) is 5.29. The molecule has 0 bridgehead atoms. The Balaban J connectivity index is 2.29. The maximum absolute atomic E-state index is 13.4. The first-order chi connectivity index (χ1) is 8.11. The van der Waals surface area contributed by atoms with Crippen molar-refractivity contribution in [1.29, 1.82) is 0 Å². The predicted octanol–water partition coefficient (Wildman–Crippen LogP) is 5.59. The minimum absolute atomic E-state index is 0.0274. The van der Waals surface area contributed by atoms with E-state index in [2.05, 4.69) is 35.0 Å². The zero-order valence-electron chi connectivity index (χ0n) is 9.21. The number of rotatable bonds is 3. The Hall–Kier alpha value is -0.380. The van der Waals surface area contributed by atoms with Gasteiger partial charge in [0.25, 0.3) is 0 Å². The summed E-state index contributed by atoms with van der Waals surface area (Å²) >= 11 is 11.0. The van der Waals surface area contributed by atoms with Crippen LogP contribution in [-0.2, 0) is 6.42 Å². The van der Waals surface area contributed by atoms with Gasteiger partial charge in [0.15, 0.2) is 0 Å². The van der Waals surface area contributed by atoms with Crippen molar-refractivity contribution in [2.45, 2.75) is 18.2 Å². The quantitative estimate of drug-likeness (QED) is 0.643. The van der Waals surface area contributed by atoms with Crippen LogP contribution in [0.15, 0.2) is 30.3 Å². The van der Waals surface area contributed by atoms with Crippen LogP contribution in [0.25, 0.3) is 0 Å². The molecule has 90 valence electrons. The highest BCUT2D eigenvalue weighted by atomic mass is 79.9. The summed E-state index contributed by atoms with van der Waals surface area (Å²) in [6.07, 6.45) is 1.03. The molecule has 1 unspecified atom stereocenters. The van der Waals surface area contributed by atoms with Gasteiger partial charge in [-0.05, 0) is 36.2 Å². The number of halogens is 3. The Morgan fingerprint density at radius 3 is 2.71 bits per heavy atom. The fourth-order valence-electron chi connectivity index (χ4n) is 1.56. The van der Waals surface area contributed by atoms with E-state index in [4.69, 9.17) is 11.6 Å². The van der Waals surface area contributed by atoms with Gasteiger partial charge in [0.2, 0.25) is 0 Å². The molecule has 0 aliphatic heterocycles. The number of benzene rings is 1. The molecule has 1 aromatic carbocycles. The highest BCUT2D eigenvalue weighted by Gasteiger charge is 2.14. The number of thiophene rings is 1. The van der Waals surface area contributed by atoms with Gasteiger partial charge in [-0.25, -0.2) is 4.39 Å². The average Bonchev–Trinajstić information content (AvgIpc) is 2.80. The zero-order valence-corrected chi connectivity index (χ0v) is 12.4. The minimum atomic E-state index is -0.374. The Labute approximate surface area is 118 Å². The molecule has 0 amide bonds. The highest BCUT2D eigenvalue weighted by Crippen LogP contribution is 2.36. The first-order valence-corrected chi connectivity index (χ1v) is 7.40. The van der Waals surface area contributed by atoms with Gasteiger partial charge in [-0.3, -0.25) is 0 Å². The Morgan fingerprint density at radius 2 is 2.12 bits per heavy atom. The van der Waals surface area contributed by atoms with Gasteiger partial charge in [-0.15, -0.1) is 11.3 Å². The predicted molar refractivity (Wildman–Crippen MR) is 75.9 cm³/mol. The summed E-state index contributed by atoms with van der Waals surface area (Å²) in [5.74, 6) is -0.374. The highest BCUT2D eigenvalue weighted by molar-refractivity contribution is 9.09. The van der Waals surface area contributed by atoms with Crippen molar-refractivity contribution in [2.75, 3.05) is 0 Å². The van der Waals surface area contributed by atoms with Crippen molar-refractivity contribution < 1.29 is 4.39 Å². The normalized spacial score (nSPS) is 12.7. The smallest absolute Gasteiger partial charge is 0.142 e. The lowest BCUT2D eigenvalue weighted by Gasteiger charge is -2.08. The largest absolute Gasteiger partial charge is 0.205 e. The third kappa shape index (κ3) is 2.90. The average molecular weight is 334 g/mol. The topological polar surface area (TPSA) is 0 Å². The van der Waals surface area contributed by atoms with Crippen LogP contribution in [0.1, 0.15) is 27.1 Å². The van der Waals surface area contributed by atoms with Gasteiger partial charge in [0.05, 0.1) is 9.85 Å². The van der Waals surface area contributed by atoms with E-state index in [0.717, 1.165) is 12.0 Å². The van der Waals surface area contributed by atoms with Gasteiger partial charge < -0.3 is 0 Å². The monoisotopic (exact) mass is 332 g/mol. The van der Waals surface area contributed by atoms with Crippen LogP contribution in [0.4, 0.5) is 4.39 Å². The molecule has 0 radical (unpaired) electrons. The SMILES string of the molecule is CCc1ccc(C(Br)c2ccc(Cl)c(F)c2)s1. The maximum atomic E-state index is 13.4. The number of hydrogen-bond donors (Lipinski definition) is 0. The van der Waals surface area contributed by atoms with Crippen molar-refractivity contribution >= 4 is 38.9 Å². The van der Waals surface area contributed by atoms with Crippen molar-refractivity contribution in [3.63, 3.8) is 0 Å². The van der Waals surface area contributed by atoms with Crippen LogP contribution in [0.5, 0.6) is 0 Å². The summed E-state index contributed by atoms with van der Waals surface area (Å²) in [5.41, 5.74) is 0.886. The molecule has 1 atom stereocenters. The molecule has 2 rings (SSSR count). The van der Waals surface area contributed by atoms with Crippen molar-refractivity contribution in [1.82, 2.24) is 0 Å². The number of aryl methyl sites for hydroxylation is 1. The first kappa shape index (κ1) is 13.1. The molecular weight excluding hydrogens is 323 g/mol. The third-order valence-corrected chi connectivity index (χ3v) is 5.44. The van der Waals surface area contributed by atoms with E-state index in [1.807, 2.05) is 6.07 Å². The van der Waals surface area contributed by atoms with E-state index in [0.29, 0.717) is 0 Å². The molecule has 4 heteroatoms. The summed E-state index contributed by atoms with van der Waals surface area (Å²) in [4.78, 5) is 2.54. The summed E-state index contributed by atoms with van der Waals surface area (Å²) in [7, 11) is 0. The molecule has 0 saturated carbocycles. The molecule has 1 aromatic heterocycles. The molecule has 0 saturated heterocycles. The van der Waals surface area contributed by atoms with Gasteiger partial charge in [0, 0.05) is 9.75 Å². The summed E-state index contributed by atoms with van der Waals surface area (Å²) in [6.45, 7) is 2.13. The van der Waals surface area contributed by atoms with Crippen molar-refractivity contribution in [2.24, 2.45) is 0 Å². The Bertz CT molecular complexity index is 524. The fourth-order valence-corrected chi connectivity index (χ4v) is 3.35. The van der Waals surface area contributed by atoms with Gasteiger partial charge in [-0.1, -0.05) is 40.5 Å². The van der Waals surface area contributed by atoms with E-state index < -0.39 is 0 Å². The molecule has 17 heavy (non-hydrogen) atoms. The van der Waals surface area contributed by atoms with Crippen LogP contribution in [-0.4, -0.2) is 0 Å². The molecule has 0 fully saturated rings. The Kier molecular flexibility index (Phi) is 4.23. The molecule has 2 aromatic rings. The second-order valence-electron chi connectivity index (χ2n) is 3.69. The summed E-state index contributed by atoms with van der Waals surface area (Å²) < 4.78 is 13.4. The van der Waals surface area contributed by atoms with E-state index in [9.17, 15) is 4.39 Å². The summed E-state index contributed by atoms with van der Waals surface area (Å²) in [6, 6.07) is 9.11. The minimum Gasteiger partial charge on any atom is -0.205 e. The molecule has 0 nitrogen and oxygen atoms in total. The molecule has 0 spiro atoms. The van der Waals surface area contributed by atoms with E-state index in [1.54, 1.807) is 17.4 Å². The van der Waals surface area contributed by atoms with Crippen LogP contribution in [0.2, 0.25) is 5.02 Å². The molecule has 1 heterocycles. The van der Waals surface area contributed by atoms with E-state index >= 15 is 0 Å². The third-order valence-electron chi connectivity index (χ3n) is 2.52. The zero-order chi connectivity index (χ0) is 12.4.